The number of nitrogens with zero attached hydrogens (tertiary/aromatic N) is 2. The van der Waals surface area contributed by atoms with E-state index in [0.717, 1.165) is 25.7 Å². The lowest BCUT2D eigenvalue weighted by Crippen LogP contribution is -2.50. The van der Waals surface area contributed by atoms with Crippen LogP contribution in [0.15, 0.2) is 0 Å². The van der Waals surface area contributed by atoms with Crippen LogP contribution in [-0.2, 0) is 4.79 Å². The number of amides is 2. The van der Waals surface area contributed by atoms with Gasteiger partial charge in [-0.2, -0.15) is 0 Å². The van der Waals surface area contributed by atoms with Gasteiger partial charge in [0.1, 0.15) is 6.04 Å². The quantitative estimate of drug-likeness (QED) is 0.773. The summed E-state index contributed by atoms with van der Waals surface area (Å²) in [5, 5.41) is 9.29. The zero-order chi connectivity index (χ0) is 13.8. The third kappa shape index (κ3) is 3.18. The van der Waals surface area contributed by atoms with Gasteiger partial charge in [-0.3, -0.25) is 0 Å². The molecule has 108 valence electrons. The maximum absolute atomic E-state index is 12.5. The molecule has 2 rings (SSSR count). The van der Waals surface area contributed by atoms with E-state index in [9.17, 15) is 14.7 Å². The van der Waals surface area contributed by atoms with Crippen molar-refractivity contribution in [1.82, 2.24) is 9.80 Å². The Bertz CT molecular complexity index is 348. The Kier molecular flexibility index (Phi) is 4.63. The fraction of sp³-hybridized carbons (Fsp3) is 0.846. The van der Waals surface area contributed by atoms with Gasteiger partial charge in [-0.25, -0.2) is 9.59 Å². The van der Waals surface area contributed by atoms with Gasteiger partial charge < -0.3 is 20.6 Å². The van der Waals surface area contributed by atoms with Crippen LogP contribution in [0.25, 0.3) is 0 Å². The molecule has 2 atom stereocenters. The van der Waals surface area contributed by atoms with Gasteiger partial charge in [0, 0.05) is 19.6 Å². The Morgan fingerprint density at radius 2 is 1.95 bits per heavy atom. The summed E-state index contributed by atoms with van der Waals surface area (Å²) in [6.07, 6.45) is 4.26. The molecule has 2 heterocycles. The molecule has 3 N–H and O–H groups in total. The third-order valence-corrected chi connectivity index (χ3v) is 4.17. The van der Waals surface area contributed by atoms with Crippen molar-refractivity contribution in [3.63, 3.8) is 0 Å². The number of hydrogen-bond donors (Lipinski definition) is 2. The summed E-state index contributed by atoms with van der Waals surface area (Å²) in [4.78, 5) is 27.1. The molecular weight excluding hydrogens is 246 g/mol. The number of carboxylic acids is 1. The molecule has 2 fully saturated rings. The summed E-state index contributed by atoms with van der Waals surface area (Å²) in [5.41, 5.74) is 5.63. The molecule has 2 saturated heterocycles. The first kappa shape index (κ1) is 14.1. The smallest absolute Gasteiger partial charge is 0.326 e. The van der Waals surface area contributed by atoms with E-state index in [4.69, 9.17) is 5.73 Å². The normalized spacial score (nSPS) is 28.3. The lowest BCUT2D eigenvalue weighted by atomic mass is 10.1. The lowest BCUT2D eigenvalue weighted by molar-refractivity contribution is -0.142. The Labute approximate surface area is 113 Å². The molecule has 0 aliphatic carbocycles. The summed E-state index contributed by atoms with van der Waals surface area (Å²) < 4.78 is 0. The second-order valence-electron chi connectivity index (χ2n) is 5.52. The molecule has 2 aliphatic heterocycles. The topological polar surface area (TPSA) is 86.9 Å². The van der Waals surface area contributed by atoms with Crippen molar-refractivity contribution in [1.29, 1.82) is 0 Å². The summed E-state index contributed by atoms with van der Waals surface area (Å²) in [5.74, 6) is -0.524. The highest BCUT2D eigenvalue weighted by Crippen LogP contribution is 2.22. The van der Waals surface area contributed by atoms with Crippen molar-refractivity contribution in [3.05, 3.63) is 0 Å². The molecule has 6 nitrogen and oxygen atoms in total. The number of hydrogen-bond acceptors (Lipinski definition) is 3. The molecule has 0 saturated carbocycles. The summed E-state index contributed by atoms with van der Waals surface area (Å²) >= 11 is 0. The van der Waals surface area contributed by atoms with Crippen molar-refractivity contribution in [2.75, 3.05) is 26.2 Å². The summed E-state index contributed by atoms with van der Waals surface area (Å²) in [7, 11) is 0. The van der Waals surface area contributed by atoms with Crippen LogP contribution in [-0.4, -0.2) is 59.1 Å². The molecule has 6 heteroatoms. The van der Waals surface area contributed by atoms with Gasteiger partial charge in [0.05, 0.1) is 0 Å². The number of carbonyl (C=O) groups is 2. The molecule has 0 aromatic rings. The Morgan fingerprint density at radius 3 is 2.58 bits per heavy atom. The van der Waals surface area contributed by atoms with Crippen molar-refractivity contribution in [2.24, 2.45) is 11.7 Å². The van der Waals surface area contributed by atoms with Gasteiger partial charge >= 0.3 is 12.0 Å². The minimum atomic E-state index is -0.884. The van der Waals surface area contributed by atoms with Crippen LogP contribution in [0.1, 0.15) is 32.1 Å². The van der Waals surface area contributed by atoms with Crippen molar-refractivity contribution < 1.29 is 14.7 Å². The minimum absolute atomic E-state index is 0.120. The standard InChI is InChI=1S/C13H23N3O3/c14-8-10-5-7-15(9-10)13(19)16-6-3-1-2-4-11(16)12(17)18/h10-11H,1-9,14H2,(H,17,18). The largest absolute Gasteiger partial charge is 0.480 e. The van der Waals surface area contributed by atoms with Crippen molar-refractivity contribution in [3.8, 4) is 0 Å². The molecule has 0 aromatic carbocycles. The zero-order valence-electron chi connectivity index (χ0n) is 11.3. The number of carboxylic acid groups (broad SMARTS) is 1. The van der Waals surface area contributed by atoms with E-state index in [1.165, 1.54) is 0 Å². The van der Waals surface area contributed by atoms with Crippen LogP contribution in [0.3, 0.4) is 0 Å². The van der Waals surface area contributed by atoms with Crippen LogP contribution in [0.5, 0.6) is 0 Å². The Hall–Kier alpha value is -1.30. The number of nitrogens with two attached hydrogens (primary N) is 1. The molecule has 2 amide bonds. The average Bonchev–Trinajstić information content (AvgIpc) is 2.74. The monoisotopic (exact) mass is 269 g/mol. The first-order valence-corrected chi connectivity index (χ1v) is 7.12. The third-order valence-electron chi connectivity index (χ3n) is 4.17. The Morgan fingerprint density at radius 1 is 1.16 bits per heavy atom. The predicted octanol–water partition coefficient (Wildman–Crippen LogP) is 0.716. The molecule has 0 spiro atoms. The van der Waals surface area contributed by atoms with E-state index in [0.29, 0.717) is 38.5 Å². The van der Waals surface area contributed by atoms with Crippen molar-refractivity contribution in [2.45, 2.75) is 38.1 Å². The second-order valence-corrected chi connectivity index (χ2v) is 5.52. The number of aliphatic carboxylic acids is 1. The molecule has 19 heavy (non-hydrogen) atoms. The van der Waals surface area contributed by atoms with E-state index in [-0.39, 0.29) is 6.03 Å². The van der Waals surface area contributed by atoms with Crippen LogP contribution >= 0.6 is 0 Å². The van der Waals surface area contributed by atoms with E-state index >= 15 is 0 Å². The van der Waals surface area contributed by atoms with Crippen LogP contribution in [0.4, 0.5) is 4.79 Å². The SMILES string of the molecule is NCC1CCN(C(=O)N2CCCCCC2C(=O)O)C1. The number of rotatable bonds is 2. The van der Waals surface area contributed by atoms with Crippen LogP contribution in [0, 0.1) is 5.92 Å². The fourth-order valence-electron chi connectivity index (χ4n) is 2.97. The van der Waals surface area contributed by atoms with Gasteiger partial charge in [-0.05, 0) is 31.7 Å². The molecule has 0 radical (unpaired) electrons. The maximum Gasteiger partial charge on any atom is 0.326 e. The van der Waals surface area contributed by atoms with Crippen LogP contribution < -0.4 is 5.73 Å². The minimum Gasteiger partial charge on any atom is -0.480 e. The lowest BCUT2D eigenvalue weighted by Gasteiger charge is -2.31. The summed E-state index contributed by atoms with van der Waals surface area (Å²) in [6.45, 7) is 2.51. The summed E-state index contributed by atoms with van der Waals surface area (Å²) in [6, 6.07) is -0.780. The maximum atomic E-state index is 12.5. The van der Waals surface area contributed by atoms with E-state index < -0.39 is 12.0 Å². The highest BCUT2D eigenvalue weighted by molar-refractivity contribution is 5.83. The van der Waals surface area contributed by atoms with E-state index in [1.807, 2.05) is 0 Å². The van der Waals surface area contributed by atoms with E-state index in [2.05, 4.69) is 0 Å². The fourth-order valence-corrected chi connectivity index (χ4v) is 2.97. The first-order chi connectivity index (χ1) is 9.13. The number of carbonyl (C=O) groups excluding carboxylic acids is 1. The molecule has 2 aliphatic rings. The Balaban J connectivity index is 2.04. The van der Waals surface area contributed by atoms with Gasteiger partial charge in [0.25, 0.3) is 0 Å². The zero-order valence-corrected chi connectivity index (χ0v) is 11.3. The molecule has 0 aromatic heterocycles. The average molecular weight is 269 g/mol. The molecule has 2 unspecified atom stereocenters. The first-order valence-electron chi connectivity index (χ1n) is 7.12. The van der Waals surface area contributed by atoms with Crippen molar-refractivity contribution >= 4 is 12.0 Å². The highest BCUT2D eigenvalue weighted by atomic mass is 16.4. The van der Waals surface area contributed by atoms with Gasteiger partial charge in [-0.1, -0.05) is 12.8 Å². The van der Waals surface area contributed by atoms with Gasteiger partial charge in [-0.15, -0.1) is 0 Å². The molecular formula is C13H23N3O3. The van der Waals surface area contributed by atoms with Crippen LogP contribution in [0.2, 0.25) is 0 Å². The number of urea groups is 1. The van der Waals surface area contributed by atoms with Gasteiger partial charge in [0.2, 0.25) is 0 Å². The molecule has 0 bridgehead atoms. The van der Waals surface area contributed by atoms with E-state index in [1.54, 1.807) is 9.80 Å². The highest BCUT2D eigenvalue weighted by Gasteiger charge is 2.35. The second kappa shape index (κ2) is 6.23. The predicted molar refractivity (Wildman–Crippen MR) is 70.7 cm³/mol. The van der Waals surface area contributed by atoms with Gasteiger partial charge in [0.15, 0.2) is 0 Å². The number of likely N-dealkylation sites (tertiary alicyclic amines) is 2.